The van der Waals surface area contributed by atoms with Crippen LogP contribution in [0.25, 0.3) is 0 Å². The van der Waals surface area contributed by atoms with Gasteiger partial charge < -0.3 is 10.8 Å². The van der Waals surface area contributed by atoms with Crippen molar-refractivity contribution in [3.63, 3.8) is 0 Å². The van der Waals surface area contributed by atoms with Crippen molar-refractivity contribution in [3.8, 4) is 0 Å². The van der Waals surface area contributed by atoms with Gasteiger partial charge in [-0.15, -0.1) is 0 Å². The number of anilines is 1. The molecule has 0 aliphatic carbocycles. The number of hydrogen-bond donors (Lipinski definition) is 2. The summed E-state index contributed by atoms with van der Waals surface area (Å²) in [5.41, 5.74) is 12.3. The maximum atomic E-state index is 10.6. The normalized spacial score (nSPS) is 12.4. The molecule has 3 heteroatoms. The zero-order valence-corrected chi connectivity index (χ0v) is 14.5. The first kappa shape index (κ1) is 16.9. The predicted molar refractivity (Wildman–Crippen MR) is 105 cm³/mol. The summed E-state index contributed by atoms with van der Waals surface area (Å²) >= 11 is 0. The van der Waals surface area contributed by atoms with E-state index in [0.29, 0.717) is 5.69 Å². The zero-order valence-electron chi connectivity index (χ0n) is 14.5. The highest BCUT2D eigenvalue weighted by Crippen LogP contribution is 2.25. The predicted octanol–water partition coefficient (Wildman–Crippen LogP) is 4.72. The first-order valence-corrected chi connectivity index (χ1v) is 8.28. The molecule has 1 unspecified atom stereocenters. The maximum absolute atomic E-state index is 10.6. The second-order valence-electron chi connectivity index (χ2n) is 6.23. The average molecular weight is 330 g/mol. The Morgan fingerprint density at radius 2 is 1.64 bits per heavy atom. The summed E-state index contributed by atoms with van der Waals surface area (Å²) < 4.78 is 0. The Hall–Kier alpha value is -2.91. The third-order valence-electron chi connectivity index (χ3n) is 4.32. The van der Waals surface area contributed by atoms with Crippen molar-refractivity contribution < 1.29 is 5.11 Å². The van der Waals surface area contributed by atoms with E-state index in [2.05, 4.69) is 4.99 Å². The molecule has 1 atom stereocenters. The maximum Gasteiger partial charge on any atom is 0.104 e. The molecule has 0 fully saturated rings. The number of hydrogen-bond acceptors (Lipinski definition) is 3. The number of nitrogens with zero attached hydrogens (tertiary/aromatic N) is 1. The lowest BCUT2D eigenvalue weighted by Crippen LogP contribution is -2.01. The molecule has 0 radical (unpaired) electrons. The number of aliphatic hydroxyl groups is 1. The molecule has 0 saturated heterocycles. The molecule has 3 nitrogen and oxygen atoms in total. The Morgan fingerprint density at radius 1 is 0.920 bits per heavy atom. The van der Waals surface area contributed by atoms with Crippen molar-refractivity contribution in [1.82, 2.24) is 0 Å². The van der Waals surface area contributed by atoms with Gasteiger partial charge in [0.05, 0.1) is 5.69 Å². The number of benzene rings is 3. The van der Waals surface area contributed by atoms with Crippen LogP contribution in [-0.4, -0.2) is 11.3 Å². The van der Waals surface area contributed by atoms with Crippen molar-refractivity contribution in [3.05, 3.63) is 94.5 Å². The zero-order chi connectivity index (χ0) is 17.8. The highest BCUT2D eigenvalue weighted by atomic mass is 16.3. The minimum absolute atomic E-state index is 0.622. The summed E-state index contributed by atoms with van der Waals surface area (Å²) in [5.74, 6) is 0. The molecule has 3 aromatic rings. The second kappa shape index (κ2) is 7.32. The monoisotopic (exact) mass is 330 g/mol. The molecule has 3 rings (SSSR count). The molecular weight excluding hydrogens is 308 g/mol. The topological polar surface area (TPSA) is 58.6 Å². The van der Waals surface area contributed by atoms with E-state index < -0.39 is 6.10 Å². The van der Waals surface area contributed by atoms with Crippen LogP contribution in [0.5, 0.6) is 0 Å². The fourth-order valence-electron chi connectivity index (χ4n) is 2.75. The smallest absolute Gasteiger partial charge is 0.104 e. The lowest BCUT2D eigenvalue weighted by Gasteiger charge is -2.14. The highest BCUT2D eigenvalue weighted by molar-refractivity contribution is 5.82. The Labute approximate surface area is 148 Å². The third-order valence-corrected chi connectivity index (χ3v) is 4.32. The number of nitrogens with two attached hydrogens (primary N) is 1. The molecule has 3 N–H and O–H groups in total. The van der Waals surface area contributed by atoms with E-state index in [1.165, 1.54) is 0 Å². The number of aryl methyl sites for hydroxylation is 2. The standard InChI is InChI=1S/C22H22N2O/c1-15-5-3-4-6-20(15)22(25)18-10-8-17(9-11-18)14-24-21-13-19(23)12-7-16(21)2/h3-14,22,25H,23H2,1-2H3. The van der Waals surface area contributed by atoms with E-state index >= 15 is 0 Å². The molecule has 0 aliphatic heterocycles. The number of aliphatic hydroxyl groups excluding tert-OH is 1. The summed E-state index contributed by atoms with van der Waals surface area (Å²) in [6.45, 7) is 4.02. The van der Waals surface area contributed by atoms with Crippen LogP contribution in [0.1, 0.15) is 33.9 Å². The van der Waals surface area contributed by atoms with E-state index in [-0.39, 0.29) is 0 Å². The van der Waals surface area contributed by atoms with Crippen LogP contribution >= 0.6 is 0 Å². The van der Waals surface area contributed by atoms with Crippen LogP contribution in [0.3, 0.4) is 0 Å². The molecule has 0 aromatic heterocycles. The van der Waals surface area contributed by atoms with Crippen molar-refractivity contribution in [1.29, 1.82) is 0 Å². The third kappa shape index (κ3) is 3.95. The fourth-order valence-corrected chi connectivity index (χ4v) is 2.75. The number of nitrogen functional groups attached to an aromatic ring is 1. The van der Waals surface area contributed by atoms with Gasteiger partial charge in [-0.2, -0.15) is 0 Å². The Morgan fingerprint density at radius 3 is 2.36 bits per heavy atom. The van der Waals surface area contributed by atoms with E-state index in [4.69, 9.17) is 5.73 Å². The van der Waals surface area contributed by atoms with Crippen LogP contribution < -0.4 is 5.73 Å². The highest BCUT2D eigenvalue weighted by Gasteiger charge is 2.11. The van der Waals surface area contributed by atoms with E-state index in [1.54, 1.807) is 0 Å². The average Bonchev–Trinajstić information content (AvgIpc) is 2.63. The molecule has 0 heterocycles. The first-order chi connectivity index (χ1) is 12.0. The number of rotatable bonds is 4. The minimum atomic E-state index is -0.622. The van der Waals surface area contributed by atoms with Crippen LogP contribution in [-0.2, 0) is 0 Å². The van der Waals surface area contributed by atoms with Crippen LogP contribution in [0.4, 0.5) is 11.4 Å². The van der Waals surface area contributed by atoms with Gasteiger partial charge in [-0.3, -0.25) is 4.99 Å². The van der Waals surface area contributed by atoms with E-state index in [9.17, 15) is 5.11 Å². The Bertz CT molecular complexity index is 898. The van der Waals surface area contributed by atoms with Gasteiger partial charge in [-0.25, -0.2) is 0 Å². The van der Waals surface area contributed by atoms with Crippen LogP contribution in [0.2, 0.25) is 0 Å². The molecule has 25 heavy (non-hydrogen) atoms. The molecule has 3 aromatic carbocycles. The molecule has 0 aliphatic rings. The minimum Gasteiger partial charge on any atom is -0.399 e. The molecule has 0 bridgehead atoms. The first-order valence-electron chi connectivity index (χ1n) is 8.28. The van der Waals surface area contributed by atoms with Gasteiger partial charge in [0.2, 0.25) is 0 Å². The van der Waals surface area contributed by atoms with Gasteiger partial charge in [0.1, 0.15) is 6.10 Å². The summed E-state index contributed by atoms with van der Waals surface area (Å²) in [6.07, 6.45) is 1.19. The van der Waals surface area contributed by atoms with Crippen LogP contribution in [0, 0.1) is 13.8 Å². The molecule has 126 valence electrons. The Balaban J connectivity index is 1.79. The van der Waals surface area contributed by atoms with Gasteiger partial charge >= 0.3 is 0 Å². The SMILES string of the molecule is Cc1ccc(N)cc1N=Cc1ccc(C(O)c2ccccc2C)cc1. The quantitative estimate of drug-likeness (QED) is 0.537. The van der Waals surface area contributed by atoms with Crippen LogP contribution in [0.15, 0.2) is 71.7 Å². The molecule has 0 spiro atoms. The Kier molecular flexibility index (Phi) is 4.96. The van der Waals surface area contributed by atoms with E-state index in [1.807, 2.05) is 86.8 Å². The number of aliphatic imine (C=N–C) groups is 1. The summed E-state index contributed by atoms with van der Waals surface area (Å²) in [4.78, 5) is 4.52. The largest absolute Gasteiger partial charge is 0.399 e. The van der Waals surface area contributed by atoms with Crippen molar-refractivity contribution in [2.24, 2.45) is 4.99 Å². The van der Waals surface area contributed by atoms with Gasteiger partial charge in [0.15, 0.2) is 0 Å². The van der Waals surface area contributed by atoms with E-state index in [0.717, 1.165) is 33.5 Å². The van der Waals surface area contributed by atoms with Gasteiger partial charge in [-0.1, -0.05) is 54.6 Å². The summed E-state index contributed by atoms with van der Waals surface area (Å²) in [7, 11) is 0. The van der Waals surface area contributed by atoms with Gasteiger partial charge in [0, 0.05) is 11.9 Å². The molecular formula is C22H22N2O. The van der Waals surface area contributed by atoms with Gasteiger partial charge in [-0.05, 0) is 53.8 Å². The molecule has 0 saturated carbocycles. The summed E-state index contributed by atoms with van der Waals surface area (Å²) in [5, 5.41) is 10.6. The van der Waals surface area contributed by atoms with Crippen molar-refractivity contribution in [2.75, 3.05) is 5.73 Å². The van der Waals surface area contributed by atoms with Crippen molar-refractivity contribution >= 4 is 17.6 Å². The van der Waals surface area contributed by atoms with Gasteiger partial charge in [0.25, 0.3) is 0 Å². The van der Waals surface area contributed by atoms with Crippen molar-refractivity contribution in [2.45, 2.75) is 20.0 Å². The molecule has 0 amide bonds. The summed E-state index contributed by atoms with van der Waals surface area (Å²) in [6, 6.07) is 21.4. The lowest BCUT2D eigenvalue weighted by molar-refractivity contribution is 0.219. The lowest BCUT2D eigenvalue weighted by atomic mass is 9.97. The fraction of sp³-hybridized carbons (Fsp3) is 0.136. The second-order valence-corrected chi connectivity index (χ2v) is 6.23.